The molecule has 1 aromatic heterocycles. The highest BCUT2D eigenvalue weighted by Crippen LogP contribution is 2.29. The Morgan fingerprint density at radius 1 is 1.12 bits per heavy atom. The van der Waals surface area contributed by atoms with Gasteiger partial charge in [0.1, 0.15) is 5.82 Å². The summed E-state index contributed by atoms with van der Waals surface area (Å²) < 4.78 is 37.9. The van der Waals surface area contributed by atoms with Gasteiger partial charge in [-0.05, 0) is 43.8 Å². The van der Waals surface area contributed by atoms with Crippen molar-refractivity contribution >= 4 is 10.9 Å². The summed E-state index contributed by atoms with van der Waals surface area (Å²) in [5.74, 6) is 0.517. The van der Waals surface area contributed by atoms with Crippen LogP contribution in [-0.4, -0.2) is 21.9 Å². The average Bonchev–Trinajstić information content (AvgIpc) is 2.60. The Morgan fingerprint density at radius 3 is 2.42 bits per heavy atom. The van der Waals surface area contributed by atoms with E-state index in [2.05, 4.69) is 9.97 Å². The normalized spacial score (nSPS) is 13.3. The number of rotatable bonds is 4. The highest BCUT2D eigenvalue weighted by Gasteiger charge is 2.30. The van der Waals surface area contributed by atoms with Crippen molar-refractivity contribution in [1.82, 2.24) is 14.9 Å². The smallest absolute Gasteiger partial charge is 0.309 e. The first kappa shape index (κ1) is 18.1. The van der Waals surface area contributed by atoms with Gasteiger partial charge < -0.3 is 4.98 Å². The number of benzene rings is 2. The number of hydrogen-bond donors (Lipinski definition) is 1. The van der Waals surface area contributed by atoms with Gasteiger partial charge >= 0.3 is 6.18 Å². The molecule has 0 saturated heterocycles. The standard InChI is InChI=1S/C19H18F3N3O/c1-12(17-23-16-6-4-3-5-15(16)18(26)24-17)25(2)11-13-7-9-14(10-8-13)19(20,21)22/h3-10,12H,11H2,1-2H3,(H,23,24,26)/t12-/m1/s1. The van der Waals surface area contributed by atoms with Crippen LogP contribution in [0.5, 0.6) is 0 Å². The van der Waals surface area contributed by atoms with Crippen LogP contribution in [-0.2, 0) is 12.7 Å². The molecule has 7 heteroatoms. The maximum Gasteiger partial charge on any atom is 0.416 e. The Balaban J connectivity index is 1.79. The van der Waals surface area contributed by atoms with Crippen LogP contribution in [0.3, 0.4) is 0 Å². The third kappa shape index (κ3) is 3.77. The number of fused-ring (bicyclic) bond motifs is 1. The fourth-order valence-electron chi connectivity index (χ4n) is 2.74. The summed E-state index contributed by atoms with van der Waals surface area (Å²) in [6, 6.07) is 11.9. The molecule has 0 spiro atoms. The van der Waals surface area contributed by atoms with Crippen LogP contribution in [0.2, 0.25) is 0 Å². The van der Waals surface area contributed by atoms with E-state index in [1.165, 1.54) is 12.1 Å². The van der Waals surface area contributed by atoms with E-state index in [1.54, 1.807) is 18.2 Å². The topological polar surface area (TPSA) is 49.0 Å². The quantitative estimate of drug-likeness (QED) is 0.760. The summed E-state index contributed by atoms with van der Waals surface area (Å²) in [7, 11) is 1.83. The summed E-state index contributed by atoms with van der Waals surface area (Å²) >= 11 is 0. The molecular weight excluding hydrogens is 343 g/mol. The van der Waals surface area contributed by atoms with E-state index in [9.17, 15) is 18.0 Å². The number of hydrogen-bond acceptors (Lipinski definition) is 3. The molecule has 1 atom stereocenters. The van der Waals surface area contributed by atoms with Crippen molar-refractivity contribution in [1.29, 1.82) is 0 Å². The molecular formula is C19H18F3N3O. The predicted molar refractivity (Wildman–Crippen MR) is 93.7 cm³/mol. The Kier molecular flexibility index (Phi) is 4.82. The first-order valence-electron chi connectivity index (χ1n) is 8.11. The second-order valence-electron chi connectivity index (χ2n) is 6.25. The SMILES string of the molecule is C[C@H](c1nc2ccccc2c(=O)[nH]1)N(C)Cc1ccc(C(F)(F)F)cc1. The highest BCUT2D eigenvalue weighted by atomic mass is 19.4. The van der Waals surface area contributed by atoms with Crippen LogP contribution >= 0.6 is 0 Å². The van der Waals surface area contributed by atoms with Crippen molar-refractivity contribution < 1.29 is 13.2 Å². The van der Waals surface area contributed by atoms with E-state index in [1.807, 2.05) is 24.9 Å². The van der Waals surface area contributed by atoms with Gasteiger partial charge in [-0.1, -0.05) is 24.3 Å². The number of nitrogens with zero attached hydrogens (tertiary/aromatic N) is 2. The van der Waals surface area contributed by atoms with Crippen molar-refractivity contribution in [2.45, 2.75) is 25.7 Å². The van der Waals surface area contributed by atoms with Crippen LogP contribution in [0.25, 0.3) is 10.9 Å². The largest absolute Gasteiger partial charge is 0.416 e. The fourth-order valence-corrected chi connectivity index (χ4v) is 2.74. The molecule has 0 aliphatic rings. The number of aromatic nitrogens is 2. The summed E-state index contributed by atoms with van der Waals surface area (Å²) in [5, 5.41) is 0.522. The molecule has 0 unspecified atom stereocenters. The minimum Gasteiger partial charge on any atom is -0.309 e. The average molecular weight is 361 g/mol. The van der Waals surface area contributed by atoms with E-state index < -0.39 is 11.7 Å². The third-order valence-corrected chi connectivity index (χ3v) is 4.40. The van der Waals surface area contributed by atoms with Gasteiger partial charge in [-0.15, -0.1) is 0 Å². The van der Waals surface area contributed by atoms with Gasteiger partial charge in [0.05, 0.1) is 22.5 Å². The van der Waals surface area contributed by atoms with Crippen molar-refractivity contribution in [3.05, 3.63) is 75.8 Å². The van der Waals surface area contributed by atoms with Gasteiger partial charge in [0, 0.05) is 6.54 Å². The number of aromatic amines is 1. The van der Waals surface area contributed by atoms with E-state index in [0.29, 0.717) is 23.3 Å². The summed E-state index contributed by atoms with van der Waals surface area (Å²) in [5.41, 5.74) is 0.481. The van der Waals surface area contributed by atoms with E-state index >= 15 is 0 Å². The monoisotopic (exact) mass is 361 g/mol. The Hall–Kier alpha value is -2.67. The van der Waals surface area contributed by atoms with Crippen molar-refractivity contribution in [2.24, 2.45) is 0 Å². The minimum absolute atomic E-state index is 0.208. The Labute approximate surface area is 148 Å². The van der Waals surface area contributed by atoms with Gasteiger partial charge in [0.2, 0.25) is 0 Å². The van der Waals surface area contributed by atoms with Crippen molar-refractivity contribution in [2.75, 3.05) is 7.05 Å². The highest BCUT2D eigenvalue weighted by molar-refractivity contribution is 5.77. The summed E-state index contributed by atoms with van der Waals surface area (Å²) in [6.45, 7) is 2.31. The number of alkyl halides is 3. The predicted octanol–water partition coefficient (Wildman–Crippen LogP) is 4.13. The van der Waals surface area contributed by atoms with Crippen LogP contribution in [0.15, 0.2) is 53.3 Å². The lowest BCUT2D eigenvalue weighted by Crippen LogP contribution is -2.26. The van der Waals surface area contributed by atoms with Crippen LogP contribution < -0.4 is 5.56 Å². The lowest BCUT2D eigenvalue weighted by Gasteiger charge is -2.24. The minimum atomic E-state index is -4.34. The molecule has 2 aromatic carbocycles. The Bertz CT molecular complexity index is 964. The molecule has 0 aliphatic carbocycles. The summed E-state index contributed by atoms with van der Waals surface area (Å²) in [6.07, 6.45) is -4.34. The van der Waals surface area contributed by atoms with Gasteiger partial charge in [0.15, 0.2) is 0 Å². The fraction of sp³-hybridized carbons (Fsp3) is 0.263. The van der Waals surface area contributed by atoms with Crippen LogP contribution in [0.1, 0.15) is 29.9 Å². The molecule has 1 heterocycles. The zero-order chi connectivity index (χ0) is 18.9. The molecule has 26 heavy (non-hydrogen) atoms. The number of halogens is 3. The molecule has 1 N–H and O–H groups in total. The molecule has 3 aromatic rings. The third-order valence-electron chi connectivity index (χ3n) is 4.40. The van der Waals surface area contributed by atoms with Gasteiger partial charge in [-0.3, -0.25) is 9.69 Å². The first-order valence-corrected chi connectivity index (χ1v) is 8.11. The molecule has 3 rings (SSSR count). The molecule has 0 bridgehead atoms. The molecule has 4 nitrogen and oxygen atoms in total. The molecule has 0 aliphatic heterocycles. The van der Waals surface area contributed by atoms with E-state index in [4.69, 9.17) is 0 Å². The second kappa shape index (κ2) is 6.92. The zero-order valence-corrected chi connectivity index (χ0v) is 14.3. The van der Waals surface area contributed by atoms with E-state index in [0.717, 1.165) is 17.7 Å². The van der Waals surface area contributed by atoms with Crippen LogP contribution in [0, 0.1) is 0 Å². The molecule has 0 radical (unpaired) electrons. The van der Waals surface area contributed by atoms with Gasteiger partial charge in [-0.2, -0.15) is 13.2 Å². The lowest BCUT2D eigenvalue weighted by atomic mass is 10.1. The zero-order valence-electron chi connectivity index (χ0n) is 14.3. The lowest BCUT2D eigenvalue weighted by molar-refractivity contribution is -0.137. The van der Waals surface area contributed by atoms with Gasteiger partial charge in [0.25, 0.3) is 5.56 Å². The summed E-state index contributed by atoms with van der Waals surface area (Å²) in [4.78, 5) is 21.4. The van der Waals surface area contributed by atoms with Crippen molar-refractivity contribution in [3.8, 4) is 0 Å². The molecule has 0 amide bonds. The number of H-pyrrole nitrogens is 1. The van der Waals surface area contributed by atoms with Crippen LogP contribution in [0.4, 0.5) is 13.2 Å². The second-order valence-corrected chi connectivity index (χ2v) is 6.25. The molecule has 0 fully saturated rings. The maximum absolute atomic E-state index is 12.6. The van der Waals surface area contributed by atoms with Gasteiger partial charge in [-0.25, -0.2) is 4.98 Å². The molecule has 0 saturated carbocycles. The Morgan fingerprint density at radius 2 is 1.77 bits per heavy atom. The molecule has 136 valence electrons. The number of nitrogens with one attached hydrogen (secondary N) is 1. The maximum atomic E-state index is 12.6. The number of para-hydroxylation sites is 1. The van der Waals surface area contributed by atoms with E-state index in [-0.39, 0.29) is 11.6 Å². The first-order chi connectivity index (χ1) is 12.3. The van der Waals surface area contributed by atoms with Crippen molar-refractivity contribution in [3.63, 3.8) is 0 Å².